The zero-order valence-electron chi connectivity index (χ0n) is 16.5. The second kappa shape index (κ2) is 8.39. The van der Waals surface area contributed by atoms with Gasteiger partial charge in [-0.3, -0.25) is 4.79 Å². The van der Waals surface area contributed by atoms with Crippen molar-refractivity contribution >= 4 is 40.9 Å². The van der Waals surface area contributed by atoms with Crippen LogP contribution >= 0.6 is 11.6 Å². The molecule has 33 heavy (non-hydrogen) atoms. The van der Waals surface area contributed by atoms with Crippen LogP contribution in [0.15, 0.2) is 36.5 Å². The third-order valence-corrected chi connectivity index (χ3v) is 4.86. The van der Waals surface area contributed by atoms with Crippen LogP contribution in [0, 0.1) is 0 Å². The van der Waals surface area contributed by atoms with E-state index in [1.165, 1.54) is 28.9 Å². The van der Waals surface area contributed by atoms with Gasteiger partial charge in [-0.2, -0.15) is 18.2 Å². The number of fused-ring (bicyclic) bond motifs is 1. The summed E-state index contributed by atoms with van der Waals surface area (Å²) in [6.07, 6.45) is -6.16. The normalized spacial score (nSPS) is 14.3. The first-order valence-electron chi connectivity index (χ1n) is 9.34. The molecular formula is C19H14ClF4N5O4. The number of carboxylic acid groups (broad SMARTS) is 1. The van der Waals surface area contributed by atoms with E-state index in [9.17, 15) is 32.3 Å². The summed E-state index contributed by atoms with van der Waals surface area (Å²) in [4.78, 5) is 30.2. The van der Waals surface area contributed by atoms with Crippen LogP contribution in [-0.4, -0.2) is 68.6 Å². The zero-order valence-corrected chi connectivity index (χ0v) is 17.2. The van der Waals surface area contributed by atoms with E-state index in [-0.39, 0.29) is 35.9 Å². The number of benzene rings is 1. The molecule has 2 aromatic heterocycles. The number of rotatable bonds is 5. The number of hydrogen-bond acceptors (Lipinski definition) is 5. The maximum Gasteiger partial charge on any atom is 0.422 e. The van der Waals surface area contributed by atoms with E-state index in [0.29, 0.717) is 9.92 Å². The quantitative estimate of drug-likeness (QED) is 0.547. The predicted octanol–water partition coefficient (Wildman–Crippen LogP) is 3.93. The van der Waals surface area contributed by atoms with Crippen molar-refractivity contribution in [2.75, 3.05) is 24.6 Å². The molecule has 4 rings (SSSR count). The molecule has 0 bridgehead atoms. The van der Waals surface area contributed by atoms with Gasteiger partial charge < -0.3 is 14.7 Å². The monoisotopic (exact) mass is 487 g/mol. The van der Waals surface area contributed by atoms with Gasteiger partial charge in [-0.15, -0.1) is 5.10 Å². The lowest BCUT2D eigenvalue weighted by Crippen LogP contribution is -2.51. The fraction of sp³-hybridized carbons (Fsp3) is 0.263. The Morgan fingerprint density at radius 1 is 1.24 bits per heavy atom. The minimum Gasteiger partial charge on any atom is -0.482 e. The fourth-order valence-corrected chi connectivity index (χ4v) is 3.27. The maximum atomic E-state index is 13.1. The number of aromatic nitrogens is 3. The number of pyridine rings is 1. The van der Waals surface area contributed by atoms with E-state index in [1.807, 2.05) is 0 Å². The summed E-state index contributed by atoms with van der Waals surface area (Å²) in [6, 6.07) is 6.23. The van der Waals surface area contributed by atoms with Gasteiger partial charge in [-0.25, -0.2) is 18.6 Å². The average Bonchev–Trinajstić information content (AvgIpc) is 3.11. The SMILES string of the molecule is O=C(c1ccc(N(C(=O)O)c2nc3ccc(Cl)cn3n2)c(OCC(F)(F)F)c1)N1CC(F)C1. The van der Waals surface area contributed by atoms with E-state index in [0.717, 1.165) is 17.0 Å². The van der Waals surface area contributed by atoms with Gasteiger partial charge in [0, 0.05) is 11.8 Å². The number of amides is 2. The molecule has 1 aliphatic rings. The number of anilines is 2. The number of halogens is 5. The molecule has 0 unspecified atom stereocenters. The van der Waals surface area contributed by atoms with Crippen molar-refractivity contribution in [1.29, 1.82) is 0 Å². The number of alkyl halides is 4. The van der Waals surface area contributed by atoms with E-state index in [2.05, 4.69) is 10.1 Å². The van der Waals surface area contributed by atoms with Crippen LogP contribution in [0.3, 0.4) is 0 Å². The molecule has 0 radical (unpaired) electrons. The molecule has 0 saturated carbocycles. The number of ether oxygens (including phenoxy) is 1. The van der Waals surface area contributed by atoms with Crippen LogP contribution in [0.4, 0.5) is 34.0 Å². The summed E-state index contributed by atoms with van der Waals surface area (Å²) in [5.41, 5.74) is -0.219. The largest absolute Gasteiger partial charge is 0.482 e. The molecule has 0 aliphatic carbocycles. The topological polar surface area (TPSA) is 100 Å². The Morgan fingerprint density at radius 3 is 2.61 bits per heavy atom. The molecule has 1 saturated heterocycles. The molecule has 3 aromatic rings. The molecule has 1 N–H and O–H groups in total. The Bertz CT molecular complexity index is 1230. The van der Waals surface area contributed by atoms with Gasteiger partial charge >= 0.3 is 12.3 Å². The van der Waals surface area contributed by atoms with Gasteiger partial charge in [0.05, 0.1) is 23.8 Å². The van der Waals surface area contributed by atoms with Crippen LogP contribution in [0.5, 0.6) is 5.75 Å². The molecule has 14 heteroatoms. The van der Waals surface area contributed by atoms with E-state index in [1.54, 1.807) is 0 Å². The van der Waals surface area contributed by atoms with Crippen molar-refractivity contribution in [3.8, 4) is 5.75 Å². The van der Waals surface area contributed by atoms with E-state index >= 15 is 0 Å². The van der Waals surface area contributed by atoms with E-state index < -0.39 is 36.7 Å². The smallest absolute Gasteiger partial charge is 0.422 e. The van der Waals surface area contributed by atoms with Crippen molar-refractivity contribution in [1.82, 2.24) is 19.5 Å². The summed E-state index contributed by atoms with van der Waals surface area (Å²) in [5.74, 6) is -1.56. The molecule has 9 nitrogen and oxygen atoms in total. The van der Waals surface area contributed by atoms with Crippen molar-refractivity contribution in [2.24, 2.45) is 0 Å². The average molecular weight is 488 g/mol. The third-order valence-electron chi connectivity index (χ3n) is 4.64. The highest BCUT2D eigenvalue weighted by Gasteiger charge is 2.34. The second-order valence-electron chi connectivity index (χ2n) is 7.07. The highest BCUT2D eigenvalue weighted by atomic mass is 35.5. The van der Waals surface area contributed by atoms with E-state index in [4.69, 9.17) is 16.3 Å². The lowest BCUT2D eigenvalue weighted by atomic mass is 10.1. The highest BCUT2D eigenvalue weighted by molar-refractivity contribution is 6.30. The van der Waals surface area contributed by atoms with Crippen molar-refractivity contribution < 1.29 is 37.0 Å². The van der Waals surface area contributed by atoms with Gasteiger partial charge in [0.15, 0.2) is 12.3 Å². The highest BCUT2D eigenvalue weighted by Crippen LogP contribution is 2.35. The number of carbonyl (C=O) groups excluding carboxylic acids is 1. The van der Waals surface area contributed by atoms with Gasteiger partial charge in [-0.05, 0) is 30.3 Å². The Hall–Kier alpha value is -3.61. The van der Waals surface area contributed by atoms with Gasteiger partial charge in [0.1, 0.15) is 11.9 Å². The first-order valence-corrected chi connectivity index (χ1v) is 9.71. The number of nitrogens with zero attached hydrogens (tertiary/aromatic N) is 5. The minimum atomic E-state index is -4.73. The van der Waals surface area contributed by atoms with Crippen LogP contribution < -0.4 is 9.64 Å². The standard InChI is InChI=1S/C19H14ClF4N5O4/c20-11-2-4-15-25-17(26-28(15)6-11)29(18(31)32)13-3-1-10(16(30)27-7-12(21)8-27)5-14(13)33-9-19(22,23)24/h1-6,12H,7-9H2,(H,31,32). The Morgan fingerprint density at radius 2 is 1.97 bits per heavy atom. The summed E-state index contributed by atoms with van der Waals surface area (Å²) in [7, 11) is 0. The Labute approximate surface area is 187 Å². The third kappa shape index (κ3) is 4.77. The lowest BCUT2D eigenvalue weighted by molar-refractivity contribution is -0.153. The van der Waals surface area contributed by atoms with Crippen molar-refractivity contribution in [3.63, 3.8) is 0 Å². The van der Waals surface area contributed by atoms with Crippen LogP contribution in [0.25, 0.3) is 5.65 Å². The predicted molar refractivity (Wildman–Crippen MR) is 107 cm³/mol. The summed E-state index contributed by atoms with van der Waals surface area (Å²) in [5, 5.41) is 14.1. The summed E-state index contributed by atoms with van der Waals surface area (Å²) in [6.45, 7) is -2.03. The van der Waals surface area contributed by atoms with Crippen LogP contribution in [-0.2, 0) is 0 Å². The lowest BCUT2D eigenvalue weighted by Gasteiger charge is -2.34. The summed E-state index contributed by atoms with van der Waals surface area (Å²) >= 11 is 5.89. The molecule has 1 fully saturated rings. The van der Waals surface area contributed by atoms with Crippen LogP contribution in [0.2, 0.25) is 5.02 Å². The maximum absolute atomic E-state index is 13.1. The summed E-state index contributed by atoms with van der Waals surface area (Å²) < 4.78 is 57.6. The zero-order chi connectivity index (χ0) is 23.9. The molecule has 3 heterocycles. The number of likely N-dealkylation sites (tertiary alicyclic amines) is 1. The van der Waals surface area contributed by atoms with Gasteiger partial charge in [0.25, 0.3) is 11.9 Å². The number of carbonyl (C=O) groups is 2. The van der Waals surface area contributed by atoms with Crippen molar-refractivity contribution in [2.45, 2.75) is 12.3 Å². The number of hydrogen-bond donors (Lipinski definition) is 1. The minimum absolute atomic E-state index is 0.0945. The molecule has 1 aliphatic heterocycles. The fourth-order valence-electron chi connectivity index (χ4n) is 3.12. The second-order valence-corrected chi connectivity index (χ2v) is 7.51. The van der Waals surface area contributed by atoms with Gasteiger partial charge in [-0.1, -0.05) is 11.6 Å². The molecular weight excluding hydrogens is 474 g/mol. The Balaban J connectivity index is 1.76. The van der Waals surface area contributed by atoms with Crippen LogP contribution in [0.1, 0.15) is 10.4 Å². The van der Waals surface area contributed by atoms with Gasteiger partial charge in [0.2, 0.25) is 0 Å². The molecule has 1 aromatic carbocycles. The molecule has 174 valence electrons. The first-order chi connectivity index (χ1) is 15.5. The molecule has 0 spiro atoms. The van der Waals surface area contributed by atoms with Crippen molar-refractivity contribution in [3.05, 3.63) is 47.1 Å². The Kier molecular flexibility index (Phi) is 5.74. The molecule has 2 amide bonds. The molecule has 0 atom stereocenters. The first kappa shape index (κ1) is 22.6.